The van der Waals surface area contributed by atoms with E-state index in [1.54, 1.807) is 4.90 Å². The fraction of sp³-hybridized carbons (Fsp3) is 0.517. The van der Waals surface area contributed by atoms with Crippen LogP contribution in [0.4, 0.5) is 5.69 Å². The second-order valence-electron chi connectivity index (χ2n) is 9.79. The topological polar surface area (TPSA) is 86.8 Å². The molecule has 0 aliphatic heterocycles. The summed E-state index contributed by atoms with van der Waals surface area (Å²) in [5.74, 6) is -0.289. The van der Waals surface area contributed by atoms with E-state index < -0.39 is 16.1 Å². The number of amides is 2. The molecule has 0 bridgehead atoms. The first-order chi connectivity index (χ1) is 17.5. The molecule has 37 heavy (non-hydrogen) atoms. The number of rotatable bonds is 14. The number of nitrogens with zero attached hydrogens (tertiary/aromatic N) is 2. The molecule has 0 saturated carbocycles. The molecule has 0 fully saturated rings. The minimum atomic E-state index is -3.53. The van der Waals surface area contributed by atoms with Gasteiger partial charge in [-0.05, 0) is 69.2 Å². The fourth-order valence-electron chi connectivity index (χ4n) is 4.31. The average Bonchev–Trinajstić information content (AvgIpc) is 2.85. The molecule has 204 valence electrons. The molecule has 0 saturated heterocycles. The van der Waals surface area contributed by atoms with E-state index in [0.717, 1.165) is 23.1 Å². The molecule has 7 nitrogen and oxygen atoms in total. The van der Waals surface area contributed by atoms with Crippen LogP contribution in [0.25, 0.3) is 0 Å². The fourth-order valence-corrected chi connectivity index (χ4v) is 5.32. The van der Waals surface area contributed by atoms with Crippen molar-refractivity contribution in [3.63, 3.8) is 0 Å². The van der Waals surface area contributed by atoms with Gasteiger partial charge < -0.3 is 10.2 Å². The summed E-state index contributed by atoms with van der Waals surface area (Å²) in [5.41, 5.74) is 3.56. The molecule has 1 N–H and O–H groups in total. The number of sulfonamides is 1. The molecule has 2 amide bonds. The molecule has 0 heterocycles. The molecule has 8 heteroatoms. The van der Waals surface area contributed by atoms with Crippen molar-refractivity contribution < 1.29 is 18.0 Å². The molecule has 2 rings (SSSR count). The Bertz CT molecular complexity index is 1140. The van der Waals surface area contributed by atoms with Gasteiger partial charge in [-0.15, -0.1) is 0 Å². The van der Waals surface area contributed by atoms with Crippen LogP contribution in [0.15, 0.2) is 48.5 Å². The van der Waals surface area contributed by atoms with E-state index in [4.69, 9.17) is 0 Å². The van der Waals surface area contributed by atoms with Crippen molar-refractivity contribution in [1.82, 2.24) is 10.2 Å². The van der Waals surface area contributed by atoms with Gasteiger partial charge in [0.1, 0.15) is 6.04 Å². The van der Waals surface area contributed by atoms with E-state index >= 15 is 0 Å². The van der Waals surface area contributed by atoms with Crippen molar-refractivity contribution in [1.29, 1.82) is 0 Å². The van der Waals surface area contributed by atoms with Gasteiger partial charge in [-0.25, -0.2) is 8.42 Å². The number of carbonyl (C=O) groups is 2. The summed E-state index contributed by atoms with van der Waals surface area (Å²) >= 11 is 0. The van der Waals surface area contributed by atoms with Gasteiger partial charge in [0.25, 0.3) is 0 Å². The van der Waals surface area contributed by atoms with E-state index in [0.29, 0.717) is 31.5 Å². The van der Waals surface area contributed by atoms with Crippen molar-refractivity contribution in [3.8, 4) is 0 Å². The zero-order chi connectivity index (χ0) is 27.6. The number of nitrogens with one attached hydrogen (secondary N) is 1. The first-order valence-electron chi connectivity index (χ1n) is 13.2. The van der Waals surface area contributed by atoms with Crippen LogP contribution in [0.2, 0.25) is 0 Å². The van der Waals surface area contributed by atoms with Crippen molar-refractivity contribution in [2.45, 2.75) is 78.8 Å². The van der Waals surface area contributed by atoms with Gasteiger partial charge in [-0.3, -0.25) is 13.9 Å². The van der Waals surface area contributed by atoms with Crippen molar-refractivity contribution >= 4 is 27.5 Å². The van der Waals surface area contributed by atoms with Crippen LogP contribution in [0, 0.1) is 13.8 Å². The van der Waals surface area contributed by atoms with Crippen LogP contribution >= 0.6 is 0 Å². The quantitative estimate of drug-likeness (QED) is 0.387. The summed E-state index contributed by atoms with van der Waals surface area (Å²) in [4.78, 5) is 28.2. The highest BCUT2D eigenvalue weighted by molar-refractivity contribution is 7.92. The van der Waals surface area contributed by atoms with E-state index in [2.05, 4.69) is 5.32 Å². The number of hydrogen-bond acceptors (Lipinski definition) is 4. The van der Waals surface area contributed by atoms with E-state index in [9.17, 15) is 18.0 Å². The van der Waals surface area contributed by atoms with Gasteiger partial charge in [0.05, 0.1) is 11.9 Å². The molecular weight excluding hydrogens is 486 g/mol. The highest BCUT2D eigenvalue weighted by Crippen LogP contribution is 2.24. The Balaban J connectivity index is 2.20. The van der Waals surface area contributed by atoms with E-state index in [1.807, 2.05) is 83.1 Å². The first kappa shape index (κ1) is 30.4. The molecule has 0 aliphatic carbocycles. The molecule has 2 aromatic carbocycles. The van der Waals surface area contributed by atoms with Crippen molar-refractivity contribution in [3.05, 3.63) is 65.2 Å². The molecule has 0 radical (unpaired) electrons. The lowest BCUT2D eigenvalue weighted by molar-refractivity contribution is -0.141. The van der Waals surface area contributed by atoms with Gasteiger partial charge >= 0.3 is 0 Å². The molecule has 2 atom stereocenters. The standard InChI is InChI=1S/C29H43N3O4S/c1-7-24(5)30-29(34)26(8-2)31(20-18-25-13-10-9-11-14-25)28(33)15-12-19-32(37(6,35)36)27-21-22(3)16-17-23(27)4/h9-11,13-14,16-17,21,24,26H,7-8,12,15,18-20H2,1-6H3,(H,30,34)/t24-,26+/m1/s1. The Kier molecular flexibility index (Phi) is 11.6. The zero-order valence-corrected chi connectivity index (χ0v) is 24.0. The van der Waals surface area contributed by atoms with Gasteiger partial charge in [-0.2, -0.15) is 0 Å². The van der Waals surface area contributed by atoms with Gasteiger partial charge in [0.15, 0.2) is 0 Å². The predicted octanol–water partition coefficient (Wildman–Crippen LogP) is 4.61. The summed E-state index contributed by atoms with van der Waals surface area (Å²) in [6, 6.07) is 15.0. The number of carbonyl (C=O) groups excluding carboxylic acids is 2. The lowest BCUT2D eigenvalue weighted by atomic mass is 10.1. The maximum Gasteiger partial charge on any atom is 0.243 e. The van der Waals surface area contributed by atoms with Gasteiger partial charge in [-0.1, -0.05) is 56.3 Å². The molecule has 0 aromatic heterocycles. The van der Waals surface area contributed by atoms with Gasteiger partial charge in [0, 0.05) is 25.6 Å². The largest absolute Gasteiger partial charge is 0.352 e. The average molecular weight is 530 g/mol. The Morgan fingerprint density at radius 3 is 2.24 bits per heavy atom. The third-order valence-corrected chi connectivity index (χ3v) is 7.84. The minimum Gasteiger partial charge on any atom is -0.352 e. The van der Waals surface area contributed by atoms with Crippen LogP contribution in [0.1, 0.15) is 63.1 Å². The van der Waals surface area contributed by atoms with Crippen LogP contribution in [-0.4, -0.2) is 56.6 Å². The highest BCUT2D eigenvalue weighted by Gasteiger charge is 2.29. The number of hydrogen-bond donors (Lipinski definition) is 1. The van der Waals surface area contributed by atoms with Crippen LogP contribution in [-0.2, 0) is 26.0 Å². The summed E-state index contributed by atoms with van der Waals surface area (Å²) in [7, 11) is -3.53. The lowest BCUT2D eigenvalue weighted by Gasteiger charge is -2.32. The number of anilines is 1. The summed E-state index contributed by atoms with van der Waals surface area (Å²) in [6.45, 7) is 10.3. The van der Waals surface area contributed by atoms with Crippen LogP contribution < -0.4 is 9.62 Å². The normalized spacial score (nSPS) is 13.0. The Morgan fingerprint density at radius 1 is 0.973 bits per heavy atom. The summed E-state index contributed by atoms with van der Waals surface area (Å²) in [6.07, 6.45) is 3.64. The minimum absolute atomic E-state index is 0.0218. The predicted molar refractivity (Wildman–Crippen MR) is 151 cm³/mol. The van der Waals surface area contributed by atoms with Crippen LogP contribution in [0.5, 0.6) is 0 Å². The van der Waals surface area contributed by atoms with Crippen molar-refractivity contribution in [2.24, 2.45) is 0 Å². The maximum atomic E-state index is 13.5. The highest BCUT2D eigenvalue weighted by atomic mass is 32.2. The van der Waals surface area contributed by atoms with Crippen molar-refractivity contribution in [2.75, 3.05) is 23.7 Å². The Morgan fingerprint density at radius 2 is 1.65 bits per heavy atom. The molecule has 2 aromatic rings. The molecule has 0 unspecified atom stereocenters. The first-order valence-corrected chi connectivity index (χ1v) is 15.0. The SMILES string of the molecule is CC[C@@H](C)NC(=O)[C@H](CC)N(CCc1ccccc1)C(=O)CCCN(c1cc(C)ccc1C)S(C)(=O)=O. The number of benzene rings is 2. The van der Waals surface area contributed by atoms with Gasteiger partial charge in [0.2, 0.25) is 21.8 Å². The molecular formula is C29H43N3O4S. The molecule has 0 aliphatic rings. The summed E-state index contributed by atoms with van der Waals surface area (Å²) < 4.78 is 26.6. The monoisotopic (exact) mass is 529 g/mol. The number of aryl methyl sites for hydroxylation is 2. The Hall–Kier alpha value is -2.87. The third-order valence-electron chi connectivity index (χ3n) is 6.66. The zero-order valence-electron chi connectivity index (χ0n) is 23.2. The van der Waals surface area contributed by atoms with E-state index in [1.165, 1.54) is 10.6 Å². The van der Waals surface area contributed by atoms with E-state index in [-0.39, 0.29) is 30.8 Å². The summed E-state index contributed by atoms with van der Waals surface area (Å²) in [5, 5.41) is 3.02. The Labute approximate surface area is 223 Å². The second-order valence-corrected chi connectivity index (χ2v) is 11.7. The molecule has 0 spiro atoms. The third kappa shape index (κ3) is 9.18. The second kappa shape index (κ2) is 14.2. The van der Waals surface area contributed by atoms with Crippen LogP contribution in [0.3, 0.4) is 0 Å². The maximum absolute atomic E-state index is 13.5. The smallest absolute Gasteiger partial charge is 0.243 e. The lowest BCUT2D eigenvalue weighted by Crippen LogP contribution is -2.51.